The zero-order valence-electron chi connectivity index (χ0n) is 13.8. The summed E-state index contributed by atoms with van der Waals surface area (Å²) in [6, 6.07) is 3.96. The molecule has 9 nitrogen and oxygen atoms in total. The smallest absolute Gasteiger partial charge is 0.293 e. The topological polar surface area (TPSA) is 106 Å². The molecule has 0 amide bonds. The van der Waals surface area contributed by atoms with E-state index in [1.54, 1.807) is 0 Å². The third-order valence-electron chi connectivity index (χ3n) is 4.00. The van der Waals surface area contributed by atoms with Gasteiger partial charge in [0.1, 0.15) is 5.69 Å². The molecule has 24 heavy (non-hydrogen) atoms. The molecule has 0 bridgehead atoms. The maximum atomic E-state index is 12.7. The number of benzene rings is 1. The molecule has 2 rings (SSSR count). The van der Waals surface area contributed by atoms with E-state index >= 15 is 0 Å². The second-order valence-corrected chi connectivity index (χ2v) is 7.65. The number of rotatable bonds is 7. The number of nitro benzene ring substituents is 1. The Hall–Kier alpha value is -1.75. The van der Waals surface area contributed by atoms with Crippen molar-refractivity contribution in [1.29, 1.82) is 0 Å². The molecule has 1 aliphatic heterocycles. The highest BCUT2D eigenvalue weighted by molar-refractivity contribution is 7.89. The number of ether oxygens (including phenoxy) is 1. The van der Waals surface area contributed by atoms with Crippen LogP contribution in [0.3, 0.4) is 0 Å². The number of nitrogens with zero attached hydrogens (tertiary/aromatic N) is 2. The van der Waals surface area contributed by atoms with Gasteiger partial charge in [0.15, 0.2) is 0 Å². The summed E-state index contributed by atoms with van der Waals surface area (Å²) >= 11 is 0. The molecule has 1 fully saturated rings. The standard InChI is InChI=1S/C14H22N4O5S/c1-16-6-8-17(9-7-16)24(21,22)12-3-4-13(15-5-10-23-2)14(11-12)18(19)20/h3-4,11,15H,5-10H2,1-2H3/p+1. The van der Waals surface area contributed by atoms with Crippen LogP contribution in [-0.2, 0) is 14.8 Å². The van der Waals surface area contributed by atoms with Gasteiger partial charge in [-0.25, -0.2) is 8.42 Å². The summed E-state index contributed by atoms with van der Waals surface area (Å²) < 4.78 is 31.7. The van der Waals surface area contributed by atoms with Crippen LogP contribution in [0.4, 0.5) is 11.4 Å². The first kappa shape index (κ1) is 18.6. The zero-order valence-corrected chi connectivity index (χ0v) is 14.6. The van der Waals surface area contributed by atoms with Gasteiger partial charge in [0.25, 0.3) is 5.69 Å². The molecule has 0 spiro atoms. The van der Waals surface area contributed by atoms with Gasteiger partial charge in [0.05, 0.1) is 49.7 Å². The Balaban J connectivity index is 2.26. The summed E-state index contributed by atoms with van der Waals surface area (Å²) in [7, 11) is -0.180. The van der Waals surface area contributed by atoms with E-state index in [4.69, 9.17) is 4.74 Å². The summed E-state index contributed by atoms with van der Waals surface area (Å²) in [6.45, 7) is 3.05. The predicted octanol–water partition coefficient (Wildman–Crippen LogP) is -0.828. The van der Waals surface area contributed by atoms with Crippen molar-refractivity contribution in [2.45, 2.75) is 4.90 Å². The number of anilines is 1. The second-order valence-electron chi connectivity index (χ2n) is 5.72. The molecule has 1 aliphatic rings. The normalized spacial score (nSPS) is 16.9. The second kappa shape index (κ2) is 7.88. The highest BCUT2D eigenvalue weighted by Gasteiger charge is 2.30. The first-order chi connectivity index (χ1) is 11.4. The summed E-state index contributed by atoms with van der Waals surface area (Å²) in [4.78, 5) is 11.9. The Labute approximate surface area is 141 Å². The minimum Gasteiger partial charge on any atom is -0.383 e. The molecule has 0 unspecified atom stereocenters. The number of quaternary nitrogens is 1. The van der Waals surface area contributed by atoms with E-state index in [0.29, 0.717) is 26.2 Å². The van der Waals surface area contributed by atoms with Crippen LogP contribution in [0.2, 0.25) is 0 Å². The Morgan fingerprint density at radius 3 is 2.62 bits per heavy atom. The van der Waals surface area contributed by atoms with Crippen LogP contribution < -0.4 is 10.2 Å². The van der Waals surface area contributed by atoms with Crippen LogP contribution in [0.1, 0.15) is 0 Å². The van der Waals surface area contributed by atoms with Gasteiger partial charge < -0.3 is 15.0 Å². The number of piperazine rings is 1. The number of hydrogen-bond acceptors (Lipinski definition) is 6. The average Bonchev–Trinajstić information content (AvgIpc) is 2.55. The molecule has 10 heteroatoms. The molecule has 2 N–H and O–H groups in total. The molecule has 1 heterocycles. The predicted molar refractivity (Wildman–Crippen MR) is 88.8 cm³/mol. The number of sulfonamides is 1. The maximum absolute atomic E-state index is 12.7. The lowest BCUT2D eigenvalue weighted by Gasteiger charge is -2.29. The Morgan fingerprint density at radius 1 is 1.38 bits per heavy atom. The van der Waals surface area contributed by atoms with Gasteiger partial charge in [-0.3, -0.25) is 10.1 Å². The van der Waals surface area contributed by atoms with E-state index in [0.717, 1.165) is 19.2 Å². The summed E-state index contributed by atoms with van der Waals surface area (Å²) in [5, 5.41) is 14.2. The number of hydrogen-bond donors (Lipinski definition) is 2. The summed E-state index contributed by atoms with van der Waals surface area (Å²) in [5.74, 6) is 0. The van der Waals surface area contributed by atoms with Crippen molar-refractivity contribution in [2.24, 2.45) is 0 Å². The molecule has 1 aromatic carbocycles. The van der Waals surface area contributed by atoms with Gasteiger partial charge in [-0.1, -0.05) is 0 Å². The van der Waals surface area contributed by atoms with Crippen molar-refractivity contribution in [1.82, 2.24) is 4.31 Å². The van der Waals surface area contributed by atoms with Crippen LogP contribution in [0, 0.1) is 10.1 Å². The van der Waals surface area contributed by atoms with Crippen molar-refractivity contribution in [3.05, 3.63) is 28.3 Å². The molecule has 0 atom stereocenters. The molecule has 0 aliphatic carbocycles. The van der Waals surface area contributed by atoms with E-state index in [1.807, 2.05) is 7.05 Å². The first-order valence-electron chi connectivity index (χ1n) is 7.69. The molecule has 1 saturated heterocycles. The average molecular weight is 359 g/mol. The van der Waals surface area contributed by atoms with Gasteiger partial charge in [-0.2, -0.15) is 4.31 Å². The quantitative estimate of drug-likeness (QED) is 0.374. The fraction of sp³-hybridized carbons (Fsp3) is 0.571. The summed E-state index contributed by atoms with van der Waals surface area (Å²) in [5.41, 5.74) is 0.0192. The minimum absolute atomic E-state index is 0.0500. The third kappa shape index (κ3) is 4.20. The molecule has 0 saturated carbocycles. The SMILES string of the molecule is COCCNc1ccc(S(=O)(=O)N2CC[NH+](C)CC2)cc1[N+](=O)[O-]. The first-order valence-corrected chi connectivity index (χ1v) is 9.13. The highest BCUT2D eigenvalue weighted by Crippen LogP contribution is 2.28. The van der Waals surface area contributed by atoms with Crippen molar-refractivity contribution < 1.29 is 23.0 Å². The lowest BCUT2D eigenvalue weighted by molar-refractivity contribution is -0.883. The van der Waals surface area contributed by atoms with E-state index in [-0.39, 0.29) is 16.3 Å². The van der Waals surface area contributed by atoms with Gasteiger partial charge in [0.2, 0.25) is 10.0 Å². The van der Waals surface area contributed by atoms with E-state index in [9.17, 15) is 18.5 Å². The van der Waals surface area contributed by atoms with Crippen molar-refractivity contribution in [2.75, 3.05) is 58.8 Å². The molecule has 134 valence electrons. The van der Waals surface area contributed by atoms with Crippen LogP contribution >= 0.6 is 0 Å². The maximum Gasteiger partial charge on any atom is 0.293 e. The number of nitro groups is 1. The molecule has 0 aromatic heterocycles. The van der Waals surface area contributed by atoms with Crippen molar-refractivity contribution >= 4 is 21.4 Å². The van der Waals surface area contributed by atoms with Gasteiger partial charge in [-0.15, -0.1) is 0 Å². The molecular formula is C14H23N4O5S+. The monoisotopic (exact) mass is 359 g/mol. The number of methoxy groups -OCH3 is 1. The minimum atomic E-state index is -3.72. The fourth-order valence-electron chi connectivity index (χ4n) is 2.52. The van der Waals surface area contributed by atoms with Crippen molar-refractivity contribution in [3.8, 4) is 0 Å². The molecule has 0 radical (unpaired) electrons. The fourth-order valence-corrected chi connectivity index (χ4v) is 3.98. The Bertz CT molecular complexity index is 686. The van der Waals surface area contributed by atoms with Crippen LogP contribution in [0.25, 0.3) is 0 Å². The Kier molecular flexibility index (Phi) is 6.10. The number of nitrogens with one attached hydrogen (secondary N) is 2. The van der Waals surface area contributed by atoms with Gasteiger partial charge in [-0.05, 0) is 12.1 Å². The third-order valence-corrected chi connectivity index (χ3v) is 5.90. The lowest BCUT2D eigenvalue weighted by Crippen LogP contribution is -3.12. The van der Waals surface area contributed by atoms with Crippen LogP contribution in [0.5, 0.6) is 0 Å². The molecule has 1 aromatic rings. The van der Waals surface area contributed by atoms with E-state index in [1.165, 1.54) is 28.4 Å². The highest BCUT2D eigenvalue weighted by atomic mass is 32.2. The largest absolute Gasteiger partial charge is 0.383 e. The van der Waals surface area contributed by atoms with Gasteiger partial charge in [0, 0.05) is 19.7 Å². The zero-order chi connectivity index (χ0) is 17.7. The summed E-state index contributed by atoms with van der Waals surface area (Å²) in [6.07, 6.45) is 0. The van der Waals surface area contributed by atoms with E-state index < -0.39 is 14.9 Å². The lowest BCUT2D eigenvalue weighted by atomic mass is 10.2. The van der Waals surface area contributed by atoms with Gasteiger partial charge >= 0.3 is 0 Å². The van der Waals surface area contributed by atoms with Crippen LogP contribution in [-0.4, -0.2) is 71.1 Å². The number of likely N-dealkylation sites (N-methyl/N-ethyl adjacent to an activating group) is 1. The van der Waals surface area contributed by atoms with Crippen molar-refractivity contribution in [3.63, 3.8) is 0 Å². The van der Waals surface area contributed by atoms with Crippen LogP contribution in [0.15, 0.2) is 23.1 Å². The Morgan fingerprint density at radius 2 is 2.04 bits per heavy atom. The van der Waals surface area contributed by atoms with E-state index in [2.05, 4.69) is 5.32 Å². The molecular weight excluding hydrogens is 336 g/mol.